The highest BCUT2D eigenvalue weighted by molar-refractivity contribution is 6.00. The van der Waals surface area contributed by atoms with Crippen molar-refractivity contribution in [2.75, 3.05) is 7.05 Å². The van der Waals surface area contributed by atoms with Crippen LogP contribution in [-0.2, 0) is 16.8 Å². The summed E-state index contributed by atoms with van der Waals surface area (Å²) in [7, 11) is 1.61. The second kappa shape index (κ2) is 7.09. The number of rotatable bonds is 2. The smallest absolute Gasteiger partial charge is 0.406 e. The number of carbonyl (C=O) groups excluding carboxylic acids is 1. The molecule has 1 unspecified atom stereocenters. The first-order valence-corrected chi connectivity index (χ1v) is 9.32. The van der Waals surface area contributed by atoms with Crippen molar-refractivity contribution in [3.05, 3.63) is 53.6 Å². The van der Waals surface area contributed by atoms with Gasteiger partial charge in [0.15, 0.2) is 5.96 Å². The Hall–Kier alpha value is -3.03. The molecule has 1 heterocycles. The molecule has 2 N–H and O–H groups in total. The maximum Gasteiger partial charge on any atom is 0.573 e. The lowest BCUT2D eigenvalue weighted by atomic mass is 9.73. The Labute approximate surface area is 166 Å². The number of fused-ring (bicyclic) bond motifs is 2. The predicted molar refractivity (Wildman–Crippen MR) is 102 cm³/mol. The van der Waals surface area contributed by atoms with Crippen molar-refractivity contribution < 1.29 is 22.7 Å². The largest absolute Gasteiger partial charge is 0.573 e. The first kappa shape index (κ1) is 19.3. The molecule has 5 nitrogen and oxygen atoms in total. The number of nitrogens with zero attached hydrogens (tertiary/aromatic N) is 1. The molecule has 1 aliphatic carbocycles. The fourth-order valence-electron chi connectivity index (χ4n) is 4.19. The van der Waals surface area contributed by atoms with Crippen molar-refractivity contribution in [2.45, 2.75) is 37.6 Å². The predicted octanol–water partition coefficient (Wildman–Crippen LogP) is 3.88. The van der Waals surface area contributed by atoms with Crippen LogP contribution in [0, 0.1) is 0 Å². The molecule has 0 saturated carbocycles. The van der Waals surface area contributed by atoms with E-state index in [1.165, 1.54) is 18.2 Å². The molecule has 2 aromatic rings. The molecule has 2 aromatic carbocycles. The fraction of sp³-hybridized carbons (Fsp3) is 0.333. The number of halogens is 3. The summed E-state index contributed by atoms with van der Waals surface area (Å²) in [5, 5.41) is 6.09. The van der Waals surface area contributed by atoms with Gasteiger partial charge in [0.05, 0.1) is 12.0 Å². The van der Waals surface area contributed by atoms with E-state index >= 15 is 0 Å². The van der Waals surface area contributed by atoms with Crippen LogP contribution in [0.25, 0.3) is 11.1 Å². The fourth-order valence-corrected chi connectivity index (χ4v) is 4.19. The number of hydrogen-bond donors (Lipinski definition) is 2. The second-order valence-electron chi connectivity index (χ2n) is 7.31. The van der Waals surface area contributed by atoms with Gasteiger partial charge >= 0.3 is 6.36 Å². The second-order valence-corrected chi connectivity index (χ2v) is 7.31. The average Bonchev–Trinajstić information content (AvgIpc) is 2.66. The summed E-state index contributed by atoms with van der Waals surface area (Å²) in [5.74, 6) is 0.0567. The Bertz CT molecular complexity index is 987. The number of amides is 1. The maximum absolute atomic E-state index is 12.6. The van der Waals surface area contributed by atoms with Gasteiger partial charge in [-0.25, -0.2) is 0 Å². The van der Waals surface area contributed by atoms with E-state index in [0.29, 0.717) is 11.5 Å². The number of alkyl halides is 3. The van der Waals surface area contributed by atoms with Gasteiger partial charge < -0.3 is 10.1 Å². The Morgan fingerprint density at radius 2 is 1.93 bits per heavy atom. The third-order valence-corrected chi connectivity index (χ3v) is 5.38. The van der Waals surface area contributed by atoms with Gasteiger partial charge in [0.1, 0.15) is 5.75 Å². The first-order valence-electron chi connectivity index (χ1n) is 9.32. The molecule has 0 radical (unpaired) electrons. The van der Waals surface area contributed by atoms with E-state index in [-0.39, 0.29) is 18.1 Å². The molecular weight excluding hydrogens is 383 g/mol. The Balaban J connectivity index is 1.75. The van der Waals surface area contributed by atoms with Crippen molar-refractivity contribution in [3.8, 4) is 16.9 Å². The lowest BCUT2D eigenvalue weighted by molar-refractivity contribution is -0.274. The SMILES string of the molecule is CN=C1NC(=O)CC2(CCCc3ccc(-c4cccc(OC(F)(F)F)c4)cc32)N1. The Kier molecular flexibility index (Phi) is 4.72. The van der Waals surface area contributed by atoms with Crippen molar-refractivity contribution in [1.29, 1.82) is 0 Å². The zero-order chi connectivity index (χ0) is 20.6. The molecule has 8 heteroatoms. The van der Waals surface area contributed by atoms with E-state index < -0.39 is 11.9 Å². The third kappa shape index (κ3) is 3.92. The number of aliphatic imine (C=N–C) groups is 1. The lowest BCUT2D eigenvalue weighted by Crippen LogP contribution is -2.60. The van der Waals surface area contributed by atoms with E-state index in [2.05, 4.69) is 20.4 Å². The number of hydrogen-bond acceptors (Lipinski definition) is 3. The molecular formula is C21H20F3N3O2. The molecule has 4 rings (SSSR count). The van der Waals surface area contributed by atoms with Crippen molar-refractivity contribution in [1.82, 2.24) is 10.6 Å². The number of ether oxygens (including phenoxy) is 1. The van der Waals surface area contributed by atoms with Gasteiger partial charge in [-0.3, -0.25) is 15.1 Å². The van der Waals surface area contributed by atoms with Gasteiger partial charge in [-0.2, -0.15) is 0 Å². The van der Waals surface area contributed by atoms with Crippen molar-refractivity contribution >= 4 is 11.9 Å². The van der Waals surface area contributed by atoms with Crippen LogP contribution < -0.4 is 15.4 Å². The van der Waals surface area contributed by atoms with Gasteiger partial charge in [-0.1, -0.05) is 24.3 Å². The number of aryl methyl sites for hydroxylation is 1. The highest BCUT2D eigenvalue weighted by Gasteiger charge is 2.42. The highest BCUT2D eigenvalue weighted by Crippen LogP contribution is 2.41. The monoisotopic (exact) mass is 403 g/mol. The van der Waals surface area contributed by atoms with Gasteiger partial charge in [-0.05, 0) is 59.7 Å². The number of guanidine groups is 1. The Morgan fingerprint density at radius 3 is 2.69 bits per heavy atom. The summed E-state index contributed by atoms with van der Waals surface area (Å²) in [4.78, 5) is 16.4. The summed E-state index contributed by atoms with van der Waals surface area (Å²) in [6.45, 7) is 0. The normalized spacial score (nSPS) is 22.8. The van der Waals surface area contributed by atoms with Gasteiger partial charge in [0, 0.05) is 7.05 Å². The summed E-state index contributed by atoms with van der Waals surface area (Å²) >= 11 is 0. The molecule has 29 heavy (non-hydrogen) atoms. The highest BCUT2D eigenvalue weighted by atomic mass is 19.4. The summed E-state index contributed by atoms with van der Waals surface area (Å²) in [6, 6.07) is 11.7. The van der Waals surface area contributed by atoms with Crippen LogP contribution in [-0.4, -0.2) is 25.3 Å². The van der Waals surface area contributed by atoms with E-state index in [1.807, 2.05) is 18.2 Å². The number of carbonyl (C=O) groups is 1. The summed E-state index contributed by atoms with van der Waals surface area (Å²) < 4.78 is 41.7. The van der Waals surface area contributed by atoms with E-state index in [4.69, 9.17) is 0 Å². The minimum Gasteiger partial charge on any atom is -0.406 e. The average molecular weight is 403 g/mol. The molecule has 1 fully saturated rings. The molecule has 1 spiro atoms. The first-order chi connectivity index (χ1) is 13.8. The third-order valence-electron chi connectivity index (χ3n) is 5.38. The number of nitrogens with one attached hydrogen (secondary N) is 2. The van der Waals surface area contributed by atoms with Crippen molar-refractivity contribution in [2.24, 2.45) is 4.99 Å². The van der Waals surface area contributed by atoms with Crippen LogP contribution in [0.4, 0.5) is 13.2 Å². The summed E-state index contributed by atoms with van der Waals surface area (Å²) in [6.07, 6.45) is -1.88. The maximum atomic E-state index is 12.6. The Morgan fingerprint density at radius 1 is 1.14 bits per heavy atom. The zero-order valence-corrected chi connectivity index (χ0v) is 15.8. The van der Waals surface area contributed by atoms with Crippen molar-refractivity contribution in [3.63, 3.8) is 0 Å². The van der Waals surface area contributed by atoms with Gasteiger partial charge in [-0.15, -0.1) is 13.2 Å². The standard InChI is InChI=1S/C21H20F3N3O2/c1-25-19-26-18(28)12-20(27-19)9-3-5-13-7-8-15(11-17(13)20)14-4-2-6-16(10-14)29-21(22,23)24/h2,4,6-8,10-11H,3,5,9,12H2,1H3,(H2,25,26,27,28). The number of benzene rings is 2. The summed E-state index contributed by atoms with van der Waals surface area (Å²) in [5.41, 5.74) is 2.92. The molecule has 1 amide bonds. The molecule has 1 atom stereocenters. The lowest BCUT2D eigenvalue weighted by Gasteiger charge is -2.43. The minimum absolute atomic E-state index is 0.108. The van der Waals surface area contributed by atoms with E-state index in [9.17, 15) is 18.0 Å². The van der Waals surface area contributed by atoms with Crippen LogP contribution in [0.15, 0.2) is 47.5 Å². The molecule has 0 aromatic heterocycles. The topological polar surface area (TPSA) is 62.7 Å². The molecule has 2 aliphatic rings. The van der Waals surface area contributed by atoms with Crippen LogP contribution in [0.3, 0.4) is 0 Å². The van der Waals surface area contributed by atoms with Gasteiger partial charge in [0.2, 0.25) is 5.91 Å². The van der Waals surface area contributed by atoms with E-state index in [1.54, 1.807) is 13.1 Å². The molecule has 0 bridgehead atoms. The van der Waals surface area contributed by atoms with Crippen LogP contribution >= 0.6 is 0 Å². The van der Waals surface area contributed by atoms with E-state index in [0.717, 1.165) is 36.0 Å². The zero-order valence-electron chi connectivity index (χ0n) is 15.8. The molecule has 152 valence electrons. The molecule has 1 aliphatic heterocycles. The van der Waals surface area contributed by atoms with Gasteiger partial charge in [0.25, 0.3) is 0 Å². The van der Waals surface area contributed by atoms with Crippen LogP contribution in [0.2, 0.25) is 0 Å². The van der Waals surface area contributed by atoms with Crippen LogP contribution in [0.5, 0.6) is 5.75 Å². The molecule has 1 saturated heterocycles. The quantitative estimate of drug-likeness (QED) is 0.800. The minimum atomic E-state index is -4.74. The van der Waals surface area contributed by atoms with Crippen LogP contribution in [0.1, 0.15) is 30.4 Å².